The van der Waals surface area contributed by atoms with Crippen molar-refractivity contribution in [1.82, 2.24) is 28.9 Å². The third-order valence-electron chi connectivity index (χ3n) is 5.68. The van der Waals surface area contributed by atoms with Crippen LogP contribution in [0.4, 0.5) is 19.1 Å². The Morgan fingerprint density at radius 3 is 2.66 bits per heavy atom. The summed E-state index contributed by atoms with van der Waals surface area (Å²) in [6.07, 6.45) is 4.16. The number of nitrogens with one attached hydrogen (secondary N) is 1. The van der Waals surface area contributed by atoms with Gasteiger partial charge in [0.25, 0.3) is 5.91 Å². The molecule has 4 aromatic rings. The predicted octanol–water partition coefficient (Wildman–Crippen LogP) is 3.64. The molecule has 8 nitrogen and oxygen atoms in total. The van der Waals surface area contributed by atoms with Gasteiger partial charge < -0.3 is 10.2 Å². The Hall–Kier alpha value is -3.63. The lowest BCUT2D eigenvalue weighted by Crippen LogP contribution is -2.33. The molecule has 32 heavy (non-hydrogen) atoms. The molecule has 1 fully saturated rings. The number of hydrogen-bond donors (Lipinski definition) is 1. The van der Waals surface area contributed by atoms with Crippen molar-refractivity contribution < 1.29 is 18.0 Å². The van der Waals surface area contributed by atoms with Gasteiger partial charge in [-0.25, -0.2) is 14.5 Å². The summed E-state index contributed by atoms with van der Waals surface area (Å²) in [5, 5.41) is 6.41. The first kappa shape index (κ1) is 20.3. The fourth-order valence-corrected chi connectivity index (χ4v) is 3.87. The first-order chi connectivity index (χ1) is 15.3. The number of alkyl halides is 3. The monoisotopic (exact) mass is 443 g/mol. The number of imidazole rings is 1. The minimum absolute atomic E-state index is 0.0493. The number of likely N-dealkylation sites (tertiary alicyclic amines) is 1. The van der Waals surface area contributed by atoms with Crippen LogP contribution in [0, 0.1) is 0 Å². The van der Waals surface area contributed by atoms with Gasteiger partial charge in [-0.2, -0.15) is 13.2 Å². The zero-order valence-corrected chi connectivity index (χ0v) is 17.2. The van der Waals surface area contributed by atoms with Crippen molar-refractivity contribution >= 4 is 23.0 Å². The molecule has 0 radical (unpaired) electrons. The second-order valence-corrected chi connectivity index (χ2v) is 7.84. The summed E-state index contributed by atoms with van der Waals surface area (Å²) in [4.78, 5) is 23.1. The largest absolute Gasteiger partial charge is 0.408 e. The number of hydrogen-bond acceptors (Lipinski definition) is 5. The molecule has 1 atom stereocenters. The summed E-state index contributed by atoms with van der Waals surface area (Å²) in [5.74, 6) is -0.167. The molecule has 0 saturated carbocycles. The Bertz CT molecular complexity index is 1300. The van der Waals surface area contributed by atoms with Crippen molar-refractivity contribution in [3.63, 3.8) is 0 Å². The predicted molar refractivity (Wildman–Crippen MR) is 111 cm³/mol. The Kier molecular flexibility index (Phi) is 4.75. The maximum absolute atomic E-state index is 12.9. The second-order valence-electron chi connectivity index (χ2n) is 7.84. The van der Waals surface area contributed by atoms with Gasteiger partial charge in [0.2, 0.25) is 5.95 Å². The molecule has 0 unspecified atom stereocenters. The summed E-state index contributed by atoms with van der Waals surface area (Å²) in [6.45, 7) is 2.50. The van der Waals surface area contributed by atoms with Gasteiger partial charge in [0.15, 0.2) is 0 Å². The zero-order chi connectivity index (χ0) is 22.5. The van der Waals surface area contributed by atoms with E-state index >= 15 is 0 Å². The summed E-state index contributed by atoms with van der Waals surface area (Å²) < 4.78 is 41.7. The fourth-order valence-electron chi connectivity index (χ4n) is 3.87. The quantitative estimate of drug-likeness (QED) is 0.521. The van der Waals surface area contributed by atoms with Gasteiger partial charge in [-0.05, 0) is 38.0 Å². The minimum atomic E-state index is -4.40. The maximum atomic E-state index is 12.9. The van der Waals surface area contributed by atoms with Crippen LogP contribution in [-0.2, 0) is 0 Å². The Balaban J connectivity index is 1.49. The standard InChI is InChI=1S/C21H20F3N7O/c1-13(21(22,23)24)27-20-26-10-16-15(6-9-31(16)28-20)14-4-5-18-25-11-17(30(18)12-14)19(32)29-7-2-3-8-29/h4-6,9-13H,2-3,7-8H2,1H3,(H,27,28)/t13-/m1/s1. The average molecular weight is 443 g/mol. The van der Waals surface area contributed by atoms with Crippen LogP contribution in [0.25, 0.3) is 22.3 Å². The van der Waals surface area contributed by atoms with E-state index in [0.717, 1.165) is 44.0 Å². The van der Waals surface area contributed by atoms with E-state index in [0.29, 0.717) is 16.9 Å². The lowest BCUT2D eigenvalue weighted by atomic mass is 10.1. The van der Waals surface area contributed by atoms with E-state index in [4.69, 9.17) is 0 Å². The molecule has 1 saturated heterocycles. The summed E-state index contributed by atoms with van der Waals surface area (Å²) in [5.41, 5.74) is 3.37. The van der Waals surface area contributed by atoms with Gasteiger partial charge in [-0.3, -0.25) is 9.20 Å². The Labute approximate surface area is 180 Å². The van der Waals surface area contributed by atoms with Crippen LogP contribution in [0.15, 0.2) is 43.0 Å². The number of fused-ring (bicyclic) bond motifs is 2. The lowest BCUT2D eigenvalue weighted by molar-refractivity contribution is -0.138. The van der Waals surface area contributed by atoms with E-state index in [9.17, 15) is 18.0 Å². The molecule has 11 heteroatoms. The molecule has 0 spiro atoms. The van der Waals surface area contributed by atoms with Gasteiger partial charge >= 0.3 is 6.18 Å². The number of carbonyl (C=O) groups excluding carboxylic acids is 1. The molecule has 1 aliphatic heterocycles. The van der Waals surface area contributed by atoms with Gasteiger partial charge in [-0.15, -0.1) is 5.10 Å². The van der Waals surface area contributed by atoms with Crippen molar-refractivity contribution in [2.45, 2.75) is 32.0 Å². The highest BCUT2D eigenvalue weighted by molar-refractivity contribution is 5.93. The van der Waals surface area contributed by atoms with Crippen molar-refractivity contribution in [2.75, 3.05) is 18.4 Å². The summed E-state index contributed by atoms with van der Waals surface area (Å²) in [6, 6.07) is 3.73. The van der Waals surface area contributed by atoms with Crippen LogP contribution in [0.2, 0.25) is 0 Å². The van der Waals surface area contributed by atoms with Crippen LogP contribution < -0.4 is 5.32 Å². The van der Waals surface area contributed by atoms with Crippen molar-refractivity contribution in [3.05, 3.63) is 48.7 Å². The van der Waals surface area contributed by atoms with Crippen molar-refractivity contribution in [2.24, 2.45) is 0 Å². The second kappa shape index (κ2) is 7.50. The van der Waals surface area contributed by atoms with E-state index in [1.807, 2.05) is 23.2 Å². The zero-order valence-electron chi connectivity index (χ0n) is 17.2. The highest BCUT2D eigenvalue weighted by atomic mass is 19.4. The van der Waals surface area contributed by atoms with E-state index in [-0.39, 0.29) is 11.9 Å². The number of amides is 1. The third-order valence-corrected chi connectivity index (χ3v) is 5.68. The van der Waals surface area contributed by atoms with E-state index in [2.05, 4.69) is 20.4 Å². The summed E-state index contributed by atoms with van der Waals surface area (Å²) >= 11 is 0. The Morgan fingerprint density at radius 2 is 1.91 bits per heavy atom. The Morgan fingerprint density at radius 1 is 1.12 bits per heavy atom. The molecule has 166 valence electrons. The third kappa shape index (κ3) is 3.53. The summed E-state index contributed by atoms with van der Waals surface area (Å²) in [7, 11) is 0. The molecule has 0 aliphatic carbocycles. The van der Waals surface area contributed by atoms with Crippen molar-refractivity contribution in [1.29, 1.82) is 0 Å². The van der Waals surface area contributed by atoms with Gasteiger partial charge in [0.1, 0.15) is 17.4 Å². The highest BCUT2D eigenvalue weighted by Gasteiger charge is 2.36. The van der Waals surface area contributed by atoms with Crippen LogP contribution in [0.3, 0.4) is 0 Å². The number of rotatable bonds is 4. The molecular weight excluding hydrogens is 423 g/mol. The molecule has 1 N–H and O–H groups in total. The molecule has 1 amide bonds. The molecule has 5 heterocycles. The van der Waals surface area contributed by atoms with E-state index in [1.165, 1.54) is 10.7 Å². The van der Waals surface area contributed by atoms with Gasteiger partial charge in [0, 0.05) is 36.6 Å². The molecule has 0 bridgehead atoms. The number of aromatic nitrogens is 5. The minimum Gasteiger partial charge on any atom is -0.341 e. The van der Waals surface area contributed by atoms with Crippen LogP contribution >= 0.6 is 0 Å². The highest BCUT2D eigenvalue weighted by Crippen LogP contribution is 2.27. The molecule has 1 aliphatic rings. The average Bonchev–Trinajstić information content (AvgIpc) is 3.51. The van der Waals surface area contributed by atoms with Crippen LogP contribution in [0.5, 0.6) is 0 Å². The first-order valence-electron chi connectivity index (χ1n) is 10.3. The first-order valence-corrected chi connectivity index (χ1v) is 10.3. The number of pyridine rings is 1. The van der Waals surface area contributed by atoms with E-state index in [1.54, 1.807) is 22.9 Å². The van der Waals surface area contributed by atoms with Crippen LogP contribution in [-0.4, -0.2) is 60.1 Å². The van der Waals surface area contributed by atoms with Crippen molar-refractivity contribution in [3.8, 4) is 11.1 Å². The normalized spacial score (nSPS) is 15.6. The number of nitrogens with zero attached hydrogens (tertiary/aromatic N) is 6. The number of anilines is 1. The number of halogens is 3. The molecule has 4 aromatic heterocycles. The smallest absolute Gasteiger partial charge is 0.341 e. The number of carbonyl (C=O) groups is 1. The SMILES string of the molecule is C[C@@H](Nc1ncc2c(-c3ccc4ncc(C(=O)N5CCCC5)n4c3)ccn2n1)C(F)(F)F. The molecular formula is C21H20F3N7O. The fraction of sp³-hybridized carbons (Fsp3) is 0.333. The van der Waals surface area contributed by atoms with E-state index < -0.39 is 12.2 Å². The van der Waals surface area contributed by atoms with Crippen LogP contribution in [0.1, 0.15) is 30.3 Å². The maximum Gasteiger partial charge on any atom is 0.408 e. The topological polar surface area (TPSA) is 79.8 Å². The van der Waals surface area contributed by atoms with Gasteiger partial charge in [0.05, 0.1) is 17.9 Å². The van der Waals surface area contributed by atoms with Gasteiger partial charge in [-0.1, -0.05) is 0 Å². The lowest BCUT2D eigenvalue weighted by Gasteiger charge is -2.16. The molecule has 0 aromatic carbocycles. The molecule has 5 rings (SSSR count).